The summed E-state index contributed by atoms with van der Waals surface area (Å²) in [6.07, 6.45) is 1.65. The summed E-state index contributed by atoms with van der Waals surface area (Å²) in [7, 11) is 3.80. The molecule has 0 radical (unpaired) electrons. The van der Waals surface area contributed by atoms with Gasteiger partial charge in [-0.2, -0.15) is 0 Å². The van der Waals surface area contributed by atoms with E-state index in [2.05, 4.69) is 18.6 Å². The highest BCUT2D eigenvalue weighted by Crippen LogP contribution is 2.06. The first-order chi connectivity index (χ1) is 7.43. The molecule has 94 valence electrons. The monoisotopic (exact) mass is 228 g/mol. The van der Waals surface area contributed by atoms with Gasteiger partial charge in [0.25, 0.3) is 0 Å². The van der Waals surface area contributed by atoms with Crippen LogP contribution in [-0.2, 0) is 4.74 Å². The zero-order valence-electron chi connectivity index (χ0n) is 11.0. The molecule has 0 heterocycles. The van der Waals surface area contributed by atoms with E-state index in [0.717, 1.165) is 5.70 Å². The molecular weight excluding hydrogens is 204 g/mol. The summed E-state index contributed by atoms with van der Waals surface area (Å²) in [6.45, 7) is 14.1. The second kappa shape index (κ2) is 7.27. The zero-order valence-corrected chi connectivity index (χ0v) is 11.0. The number of allylic oxidation sites excluding steroid dienone is 1. The minimum Gasteiger partial charge on any atom is -0.358 e. The summed E-state index contributed by atoms with van der Waals surface area (Å²) in [6, 6.07) is 0. The molecule has 0 rings (SSSR count). The molecule has 0 fully saturated rings. The van der Waals surface area contributed by atoms with Crippen molar-refractivity contribution in [3.8, 4) is 0 Å². The Bertz CT molecular complexity index is 232. The molecule has 1 atom stereocenters. The molecule has 0 aromatic carbocycles. The van der Waals surface area contributed by atoms with E-state index in [4.69, 9.17) is 4.74 Å². The van der Waals surface area contributed by atoms with Crippen LogP contribution in [0.3, 0.4) is 0 Å². The summed E-state index contributed by atoms with van der Waals surface area (Å²) in [5.41, 5.74) is 3.94. The number of hydrazine groups is 3. The first kappa shape index (κ1) is 15.0. The third-order valence-corrected chi connectivity index (χ3v) is 2.09. The summed E-state index contributed by atoms with van der Waals surface area (Å²) in [5, 5.41) is 5.54. The van der Waals surface area contributed by atoms with Crippen LogP contribution in [-0.4, -0.2) is 42.2 Å². The molecular formula is C11H24N4O. The second-order valence-electron chi connectivity index (χ2n) is 3.52. The van der Waals surface area contributed by atoms with Crippen LogP contribution in [0.4, 0.5) is 0 Å². The lowest BCUT2D eigenvalue weighted by Crippen LogP contribution is -2.55. The Balaban J connectivity index is 4.44. The van der Waals surface area contributed by atoms with E-state index < -0.39 is 0 Å². The normalized spacial score (nSPS) is 12.7. The maximum absolute atomic E-state index is 5.51. The van der Waals surface area contributed by atoms with E-state index in [-0.39, 0.29) is 6.23 Å². The summed E-state index contributed by atoms with van der Waals surface area (Å²) in [5.74, 6) is 0. The molecule has 0 saturated carbocycles. The average molecular weight is 228 g/mol. The number of nitrogens with zero attached hydrogens (tertiary/aromatic N) is 3. The van der Waals surface area contributed by atoms with E-state index in [0.29, 0.717) is 6.61 Å². The largest absolute Gasteiger partial charge is 0.358 e. The molecule has 0 aromatic heterocycles. The quantitative estimate of drug-likeness (QED) is 0.503. The van der Waals surface area contributed by atoms with Gasteiger partial charge in [0.15, 0.2) is 0 Å². The maximum atomic E-state index is 5.51. The number of ether oxygens (including phenoxy) is 1. The number of hydrogen-bond donors (Lipinski definition) is 1. The Kier molecular flexibility index (Phi) is 6.80. The standard InChI is InChI=1S/C11H24N4O/c1-8-15(11(5)16-9-2)14(7)13(6)12-10(3)4/h8,11-12H,1,3,9H2,2,4-7H3. The lowest BCUT2D eigenvalue weighted by Gasteiger charge is -2.40. The Morgan fingerprint density at radius 3 is 2.44 bits per heavy atom. The molecule has 0 aromatic rings. The Hall–Kier alpha value is -1.04. The van der Waals surface area contributed by atoms with Gasteiger partial charge in [-0.25, -0.2) is 0 Å². The molecule has 0 aliphatic heterocycles. The van der Waals surface area contributed by atoms with Crippen molar-refractivity contribution in [3.05, 3.63) is 25.1 Å². The molecule has 1 N–H and O–H groups in total. The highest BCUT2D eigenvalue weighted by Gasteiger charge is 2.17. The van der Waals surface area contributed by atoms with E-state index in [9.17, 15) is 0 Å². The topological polar surface area (TPSA) is 31.0 Å². The van der Waals surface area contributed by atoms with Gasteiger partial charge < -0.3 is 10.2 Å². The first-order valence-corrected chi connectivity index (χ1v) is 5.36. The van der Waals surface area contributed by atoms with E-state index in [1.807, 2.05) is 45.0 Å². The number of nitrogens with one attached hydrogen (secondary N) is 1. The van der Waals surface area contributed by atoms with Crippen molar-refractivity contribution in [1.82, 2.24) is 20.7 Å². The fourth-order valence-electron chi connectivity index (χ4n) is 1.32. The fourth-order valence-corrected chi connectivity index (χ4v) is 1.32. The lowest BCUT2D eigenvalue weighted by molar-refractivity contribution is -0.214. The number of hydrogen-bond acceptors (Lipinski definition) is 5. The summed E-state index contributed by atoms with van der Waals surface area (Å²) < 4.78 is 5.51. The van der Waals surface area contributed by atoms with E-state index in [1.54, 1.807) is 11.3 Å². The van der Waals surface area contributed by atoms with Gasteiger partial charge in [-0.1, -0.05) is 13.2 Å². The van der Waals surface area contributed by atoms with Crippen molar-refractivity contribution in [2.24, 2.45) is 0 Å². The van der Waals surface area contributed by atoms with Crippen LogP contribution in [0.5, 0.6) is 0 Å². The second-order valence-corrected chi connectivity index (χ2v) is 3.52. The van der Waals surface area contributed by atoms with Gasteiger partial charge in [0.2, 0.25) is 0 Å². The maximum Gasteiger partial charge on any atom is 0.142 e. The molecule has 1 unspecified atom stereocenters. The van der Waals surface area contributed by atoms with E-state index >= 15 is 0 Å². The third kappa shape index (κ3) is 4.65. The van der Waals surface area contributed by atoms with Crippen LogP contribution in [0.1, 0.15) is 20.8 Å². The molecule has 16 heavy (non-hydrogen) atoms. The molecule has 5 nitrogen and oxygen atoms in total. The highest BCUT2D eigenvalue weighted by molar-refractivity contribution is 4.81. The molecule has 5 heteroatoms. The molecule has 0 aliphatic rings. The predicted octanol–water partition coefficient (Wildman–Crippen LogP) is 1.55. The van der Waals surface area contributed by atoms with Crippen LogP contribution >= 0.6 is 0 Å². The van der Waals surface area contributed by atoms with Gasteiger partial charge in [-0.05, 0) is 20.8 Å². The van der Waals surface area contributed by atoms with Gasteiger partial charge >= 0.3 is 0 Å². The number of rotatable bonds is 8. The van der Waals surface area contributed by atoms with Crippen LogP contribution < -0.4 is 5.43 Å². The van der Waals surface area contributed by atoms with Crippen molar-refractivity contribution < 1.29 is 4.74 Å². The van der Waals surface area contributed by atoms with E-state index in [1.165, 1.54) is 0 Å². The first-order valence-electron chi connectivity index (χ1n) is 5.36. The molecule has 0 spiro atoms. The Labute approximate surface area is 98.9 Å². The molecule has 0 bridgehead atoms. The third-order valence-electron chi connectivity index (χ3n) is 2.09. The summed E-state index contributed by atoms with van der Waals surface area (Å²) in [4.78, 5) is 0. The summed E-state index contributed by atoms with van der Waals surface area (Å²) >= 11 is 0. The Morgan fingerprint density at radius 1 is 1.50 bits per heavy atom. The molecule has 0 amide bonds. The smallest absolute Gasteiger partial charge is 0.142 e. The van der Waals surface area contributed by atoms with Crippen molar-refractivity contribution in [3.63, 3.8) is 0 Å². The van der Waals surface area contributed by atoms with Gasteiger partial charge in [-0.3, -0.25) is 5.01 Å². The van der Waals surface area contributed by atoms with Crippen molar-refractivity contribution in [2.45, 2.75) is 27.0 Å². The minimum absolute atomic E-state index is 0.0677. The highest BCUT2D eigenvalue weighted by atomic mass is 16.5. The molecule has 0 saturated heterocycles. The predicted molar refractivity (Wildman–Crippen MR) is 66.6 cm³/mol. The van der Waals surface area contributed by atoms with Crippen LogP contribution in [0.2, 0.25) is 0 Å². The zero-order chi connectivity index (χ0) is 12.7. The van der Waals surface area contributed by atoms with Crippen LogP contribution in [0, 0.1) is 0 Å². The van der Waals surface area contributed by atoms with Gasteiger partial charge in [-0.15, -0.1) is 10.2 Å². The molecule has 0 aliphatic carbocycles. The lowest BCUT2D eigenvalue weighted by atomic mass is 10.6. The van der Waals surface area contributed by atoms with Gasteiger partial charge in [0.05, 0.1) is 0 Å². The fraction of sp³-hybridized carbons (Fsp3) is 0.636. The van der Waals surface area contributed by atoms with Crippen molar-refractivity contribution in [1.29, 1.82) is 0 Å². The minimum atomic E-state index is -0.0677. The van der Waals surface area contributed by atoms with Crippen LogP contribution in [0.25, 0.3) is 0 Å². The van der Waals surface area contributed by atoms with Crippen LogP contribution in [0.15, 0.2) is 25.1 Å². The Morgan fingerprint density at radius 2 is 2.06 bits per heavy atom. The van der Waals surface area contributed by atoms with Gasteiger partial charge in [0, 0.05) is 32.6 Å². The average Bonchev–Trinajstić information content (AvgIpc) is 2.17. The SMILES string of the molecule is C=CN(C(C)OCC)N(C)N(C)NC(=C)C. The van der Waals surface area contributed by atoms with Crippen molar-refractivity contribution in [2.75, 3.05) is 20.7 Å². The van der Waals surface area contributed by atoms with Crippen molar-refractivity contribution >= 4 is 0 Å². The van der Waals surface area contributed by atoms with Gasteiger partial charge in [0.1, 0.15) is 6.23 Å².